The van der Waals surface area contributed by atoms with Crippen LogP contribution < -0.4 is 15.4 Å². The van der Waals surface area contributed by atoms with Crippen LogP contribution in [0.25, 0.3) is 0 Å². The molecule has 0 saturated carbocycles. The van der Waals surface area contributed by atoms with Gasteiger partial charge < -0.3 is 15.4 Å². The zero-order valence-electron chi connectivity index (χ0n) is 14.7. The molecule has 2 aromatic rings. The average Bonchev–Trinajstić information content (AvgIpc) is 3.08. The van der Waals surface area contributed by atoms with Crippen LogP contribution in [-0.2, 0) is 6.42 Å². The van der Waals surface area contributed by atoms with Gasteiger partial charge >= 0.3 is 0 Å². The molecule has 2 unspecified atom stereocenters. The number of hydrogen-bond acceptors (Lipinski definition) is 2. The zero-order valence-corrected chi connectivity index (χ0v) is 14.7. The Morgan fingerprint density at radius 2 is 1.88 bits per heavy atom. The van der Waals surface area contributed by atoms with E-state index < -0.39 is 0 Å². The molecule has 1 heterocycles. The van der Waals surface area contributed by atoms with Gasteiger partial charge in [-0.3, -0.25) is 4.99 Å². The van der Waals surface area contributed by atoms with E-state index in [1.165, 1.54) is 29.5 Å². The topological polar surface area (TPSA) is 45.7 Å². The lowest BCUT2D eigenvalue weighted by molar-refractivity contribution is 0.261. The molecule has 0 aromatic heterocycles. The maximum atomic E-state index is 5.75. The molecule has 2 atom stereocenters. The van der Waals surface area contributed by atoms with E-state index >= 15 is 0 Å². The van der Waals surface area contributed by atoms with Crippen molar-refractivity contribution >= 4 is 5.96 Å². The van der Waals surface area contributed by atoms with E-state index in [-0.39, 0.29) is 6.04 Å². The molecule has 25 heavy (non-hydrogen) atoms. The van der Waals surface area contributed by atoms with E-state index in [1.54, 1.807) is 0 Å². The molecule has 0 spiro atoms. The zero-order chi connectivity index (χ0) is 17.1. The second-order valence-corrected chi connectivity index (χ2v) is 6.76. The van der Waals surface area contributed by atoms with Crippen molar-refractivity contribution in [3.05, 3.63) is 65.2 Å². The highest BCUT2D eigenvalue weighted by Gasteiger charge is 2.24. The second kappa shape index (κ2) is 7.18. The Labute approximate surface area is 149 Å². The lowest BCUT2D eigenvalue weighted by Crippen LogP contribution is -2.42. The SMILES string of the molecule is CN=C(NCC1CCc2ccccc21)NC1CCOc2ccccc21. The number of aliphatic imine (C=N–C) groups is 1. The van der Waals surface area contributed by atoms with Gasteiger partial charge in [0.1, 0.15) is 5.75 Å². The number of nitrogens with zero attached hydrogens (tertiary/aromatic N) is 1. The predicted molar refractivity (Wildman–Crippen MR) is 101 cm³/mol. The molecule has 2 aliphatic rings. The van der Waals surface area contributed by atoms with Crippen LogP contribution in [0.15, 0.2) is 53.5 Å². The first-order valence-corrected chi connectivity index (χ1v) is 9.12. The van der Waals surface area contributed by atoms with Crippen LogP contribution in [0.4, 0.5) is 0 Å². The number of benzene rings is 2. The van der Waals surface area contributed by atoms with Gasteiger partial charge in [0.05, 0.1) is 12.6 Å². The van der Waals surface area contributed by atoms with Crippen molar-refractivity contribution < 1.29 is 4.74 Å². The van der Waals surface area contributed by atoms with Crippen LogP contribution in [0.1, 0.15) is 41.5 Å². The normalized spacial score (nSPS) is 21.9. The van der Waals surface area contributed by atoms with E-state index in [0.29, 0.717) is 5.92 Å². The highest BCUT2D eigenvalue weighted by atomic mass is 16.5. The van der Waals surface area contributed by atoms with Gasteiger partial charge in [0.15, 0.2) is 5.96 Å². The Morgan fingerprint density at radius 3 is 2.76 bits per heavy atom. The van der Waals surface area contributed by atoms with E-state index in [1.807, 2.05) is 19.2 Å². The lowest BCUT2D eigenvalue weighted by Gasteiger charge is -2.28. The molecule has 130 valence electrons. The van der Waals surface area contributed by atoms with Gasteiger partial charge in [0.2, 0.25) is 0 Å². The summed E-state index contributed by atoms with van der Waals surface area (Å²) in [4.78, 5) is 4.43. The van der Waals surface area contributed by atoms with E-state index in [2.05, 4.69) is 52.0 Å². The number of nitrogens with one attached hydrogen (secondary N) is 2. The fourth-order valence-corrected chi connectivity index (χ4v) is 3.93. The minimum Gasteiger partial charge on any atom is -0.493 e. The lowest BCUT2D eigenvalue weighted by atomic mass is 10.0. The van der Waals surface area contributed by atoms with Crippen molar-refractivity contribution in [1.29, 1.82) is 0 Å². The fraction of sp³-hybridized carbons (Fsp3) is 0.381. The average molecular weight is 335 g/mol. The molecule has 0 bridgehead atoms. The summed E-state index contributed by atoms with van der Waals surface area (Å²) in [5.41, 5.74) is 4.19. The highest BCUT2D eigenvalue weighted by molar-refractivity contribution is 5.80. The summed E-state index contributed by atoms with van der Waals surface area (Å²) >= 11 is 0. The number of hydrogen-bond donors (Lipinski definition) is 2. The van der Waals surface area contributed by atoms with Gasteiger partial charge in [-0.1, -0.05) is 42.5 Å². The van der Waals surface area contributed by atoms with Gasteiger partial charge in [0, 0.05) is 31.5 Å². The van der Waals surface area contributed by atoms with Crippen molar-refractivity contribution in [2.24, 2.45) is 4.99 Å². The van der Waals surface area contributed by atoms with Gasteiger partial charge in [-0.25, -0.2) is 0 Å². The van der Waals surface area contributed by atoms with Crippen molar-refractivity contribution in [1.82, 2.24) is 10.6 Å². The van der Waals surface area contributed by atoms with Crippen LogP contribution >= 0.6 is 0 Å². The van der Waals surface area contributed by atoms with Gasteiger partial charge in [-0.2, -0.15) is 0 Å². The number of fused-ring (bicyclic) bond motifs is 2. The Balaban J connectivity index is 1.40. The van der Waals surface area contributed by atoms with Crippen molar-refractivity contribution in [3.8, 4) is 5.75 Å². The van der Waals surface area contributed by atoms with Crippen LogP contribution in [0.2, 0.25) is 0 Å². The molecule has 0 fully saturated rings. The third kappa shape index (κ3) is 3.34. The first-order valence-electron chi connectivity index (χ1n) is 9.12. The van der Waals surface area contributed by atoms with E-state index in [9.17, 15) is 0 Å². The summed E-state index contributed by atoms with van der Waals surface area (Å²) in [6.45, 7) is 1.66. The summed E-state index contributed by atoms with van der Waals surface area (Å²) in [6.07, 6.45) is 3.34. The van der Waals surface area contributed by atoms with Crippen LogP contribution in [0, 0.1) is 0 Å². The Kier molecular flexibility index (Phi) is 4.59. The third-order valence-electron chi connectivity index (χ3n) is 5.27. The maximum absolute atomic E-state index is 5.75. The van der Waals surface area contributed by atoms with E-state index in [4.69, 9.17) is 4.74 Å². The van der Waals surface area contributed by atoms with Crippen molar-refractivity contribution in [2.75, 3.05) is 20.2 Å². The Bertz CT molecular complexity index is 771. The summed E-state index contributed by atoms with van der Waals surface area (Å²) in [5.74, 6) is 2.41. The molecule has 1 aliphatic heterocycles. The minimum atomic E-state index is 0.243. The highest BCUT2D eigenvalue weighted by Crippen LogP contribution is 2.33. The van der Waals surface area contributed by atoms with Crippen molar-refractivity contribution in [3.63, 3.8) is 0 Å². The molecule has 4 heteroatoms. The summed E-state index contributed by atoms with van der Waals surface area (Å²) < 4.78 is 5.75. The summed E-state index contributed by atoms with van der Waals surface area (Å²) in [6, 6.07) is 17.3. The van der Waals surface area contributed by atoms with Crippen LogP contribution in [0.3, 0.4) is 0 Å². The minimum absolute atomic E-state index is 0.243. The van der Waals surface area contributed by atoms with Gasteiger partial charge in [-0.15, -0.1) is 0 Å². The fourth-order valence-electron chi connectivity index (χ4n) is 3.93. The predicted octanol–water partition coefficient (Wildman–Crippen LogP) is 3.41. The number of para-hydroxylation sites is 1. The quantitative estimate of drug-likeness (QED) is 0.667. The summed E-state index contributed by atoms with van der Waals surface area (Å²) in [7, 11) is 1.84. The largest absolute Gasteiger partial charge is 0.493 e. The molecule has 4 nitrogen and oxygen atoms in total. The number of ether oxygens (including phenoxy) is 1. The smallest absolute Gasteiger partial charge is 0.191 e. The van der Waals surface area contributed by atoms with Gasteiger partial charge in [-0.05, 0) is 30.0 Å². The van der Waals surface area contributed by atoms with Crippen molar-refractivity contribution in [2.45, 2.75) is 31.2 Å². The van der Waals surface area contributed by atoms with Crippen LogP contribution in [-0.4, -0.2) is 26.2 Å². The number of guanidine groups is 1. The molecule has 2 aromatic carbocycles. The summed E-state index contributed by atoms with van der Waals surface area (Å²) in [5, 5.41) is 7.10. The first-order chi connectivity index (χ1) is 12.3. The molecule has 0 amide bonds. The molecule has 4 rings (SSSR count). The number of aryl methyl sites for hydroxylation is 1. The third-order valence-corrected chi connectivity index (χ3v) is 5.27. The molecular weight excluding hydrogens is 310 g/mol. The van der Waals surface area contributed by atoms with Crippen LogP contribution in [0.5, 0.6) is 5.75 Å². The monoisotopic (exact) mass is 335 g/mol. The van der Waals surface area contributed by atoms with E-state index in [0.717, 1.165) is 31.3 Å². The maximum Gasteiger partial charge on any atom is 0.191 e. The standard InChI is InChI=1S/C21H25N3O/c1-22-21(23-14-16-11-10-15-6-2-3-7-17(15)16)24-19-12-13-25-20-9-5-4-8-18(19)20/h2-9,16,19H,10-14H2,1H3,(H2,22,23,24). The Hall–Kier alpha value is -2.49. The molecule has 0 radical (unpaired) electrons. The second-order valence-electron chi connectivity index (χ2n) is 6.76. The number of rotatable bonds is 3. The van der Waals surface area contributed by atoms with Gasteiger partial charge in [0.25, 0.3) is 0 Å². The molecular formula is C21H25N3O. The Morgan fingerprint density at radius 1 is 1.08 bits per heavy atom. The molecule has 0 saturated heterocycles. The molecule has 2 N–H and O–H groups in total. The first kappa shape index (κ1) is 16.0. The molecule has 1 aliphatic carbocycles.